The van der Waals surface area contributed by atoms with E-state index in [1.807, 2.05) is 0 Å². The van der Waals surface area contributed by atoms with E-state index in [4.69, 9.17) is 4.98 Å². The Balaban J connectivity index is 1.25. The number of pyridine rings is 1. The Morgan fingerprint density at radius 3 is 1.76 bits per heavy atom. The molecule has 10 aromatic rings. The number of hydrogen-bond donors (Lipinski definition) is 0. The zero-order valence-corrected chi connectivity index (χ0v) is 29.1. The Morgan fingerprint density at radius 2 is 1.00 bits per heavy atom. The van der Waals surface area contributed by atoms with Crippen LogP contribution in [0.2, 0.25) is 0 Å². The van der Waals surface area contributed by atoms with Crippen molar-refractivity contribution in [1.82, 2.24) is 9.38 Å². The minimum atomic E-state index is -2.06. The molecule has 0 aliphatic heterocycles. The molecule has 0 unspecified atom stereocenters. The van der Waals surface area contributed by atoms with Crippen LogP contribution in [-0.4, -0.2) is 24.5 Å². The summed E-state index contributed by atoms with van der Waals surface area (Å²) in [5.74, 6) is 0. The van der Waals surface area contributed by atoms with E-state index in [-0.39, 0.29) is 0 Å². The molecule has 230 valence electrons. The van der Waals surface area contributed by atoms with Crippen LogP contribution in [0.5, 0.6) is 0 Å². The van der Waals surface area contributed by atoms with Gasteiger partial charge in [0.25, 0.3) is 0 Å². The first-order valence-corrected chi connectivity index (χ1v) is 20.6. The zero-order chi connectivity index (χ0) is 32.5. The van der Waals surface area contributed by atoms with Crippen LogP contribution in [0.1, 0.15) is 0 Å². The molecule has 0 bridgehead atoms. The van der Waals surface area contributed by atoms with E-state index in [1.54, 1.807) is 0 Å². The van der Waals surface area contributed by atoms with Crippen molar-refractivity contribution in [1.29, 1.82) is 0 Å². The average molecular weight is 708 g/mol. The second-order valence-electron chi connectivity index (χ2n) is 12.7. The molecule has 49 heavy (non-hydrogen) atoms. The van der Waals surface area contributed by atoms with Crippen molar-refractivity contribution in [3.05, 3.63) is 176 Å². The van der Waals surface area contributed by atoms with Crippen molar-refractivity contribution >= 4 is 96.4 Å². The van der Waals surface area contributed by atoms with E-state index in [0.29, 0.717) is 0 Å². The number of aromatic nitrogens is 2. The van der Waals surface area contributed by atoms with Crippen LogP contribution >= 0.6 is 5.51 Å². The van der Waals surface area contributed by atoms with Crippen molar-refractivity contribution in [2.24, 2.45) is 0 Å². The molecule has 0 amide bonds. The fraction of sp³-hybridized carbons (Fsp3) is 0. The van der Waals surface area contributed by atoms with Crippen LogP contribution in [0.3, 0.4) is 0 Å². The molecule has 2 nitrogen and oxygen atoms in total. The molecule has 0 radical (unpaired) electrons. The summed E-state index contributed by atoms with van der Waals surface area (Å²) >= 11 is 3.75. The van der Waals surface area contributed by atoms with E-state index >= 15 is 0 Å². The van der Waals surface area contributed by atoms with Crippen LogP contribution in [0, 0.1) is 0 Å². The Bertz CT molecular complexity index is 2920. The molecule has 0 atom stereocenters. The molecule has 0 N–H and O–H groups in total. The molecule has 0 aliphatic carbocycles. The summed E-state index contributed by atoms with van der Waals surface area (Å²) in [7, 11) is 0. The predicted octanol–water partition coefficient (Wildman–Crippen LogP) is 10.1. The topological polar surface area (TPSA) is 17.3 Å². The van der Waals surface area contributed by atoms with E-state index in [0.717, 1.165) is 27.6 Å². The summed E-state index contributed by atoms with van der Waals surface area (Å²) in [6, 6.07) is 64.3. The summed E-state index contributed by atoms with van der Waals surface area (Å²) in [6.45, 7) is 0. The summed E-state index contributed by atoms with van der Waals surface area (Å²) in [5, 5.41) is 12.6. The zero-order valence-electron chi connectivity index (χ0n) is 26.5. The first kappa shape index (κ1) is 28.7. The van der Waals surface area contributed by atoms with E-state index < -0.39 is 5.51 Å². The average Bonchev–Trinajstić information content (AvgIpc) is 3.57. The van der Waals surface area contributed by atoms with Crippen molar-refractivity contribution < 1.29 is 0 Å². The van der Waals surface area contributed by atoms with Gasteiger partial charge in [-0.15, -0.1) is 0 Å². The molecule has 0 saturated carbocycles. The van der Waals surface area contributed by atoms with Gasteiger partial charge < -0.3 is 0 Å². The van der Waals surface area contributed by atoms with Gasteiger partial charge in [-0.3, -0.25) is 0 Å². The molecule has 0 aliphatic rings. The van der Waals surface area contributed by atoms with Gasteiger partial charge in [0.2, 0.25) is 0 Å². The number of nitrogens with zero attached hydrogens (tertiary/aromatic N) is 2. The van der Waals surface area contributed by atoms with Crippen LogP contribution in [0.15, 0.2) is 176 Å². The molecule has 0 fully saturated rings. The van der Waals surface area contributed by atoms with Crippen LogP contribution in [-0.2, 0) is 0 Å². The van der Waals surface area contributed by atoms with Crippen LogP contribution < -0.4 is 15.9 Å². The third-order valence-corrected chi connectivity index (χ3v) is 17.1. The Morgan fingerprint density at radius 1 is 0.408 bits per heavy atom. The molecule has 0 saturated heterocycles. The third kappa shape index (κ3) is 4.41. The Hall–Kier alpha value is -5.30. The number of benzene rings is 8. The van der Waals surface area contributed by atoms with E-state index in [2.05, 4.69) is 195 Å². The van der Waals surface area contributed by atoms with Gasteiger partial charge in [0.05, 0.1) is 0 Å². The third-order valence-electron chi connectivity index (χ3n) is 10.0. The monoisotopic (exact) mass is 708 g/mol. The van der Waals surface area contributed by atoms with Gasteiger partial charge >= 0.3 is 252 Å². The summed E-state index contributed by atoms with van der Waals surface area (Å²) in [5.41, 5.74) is 4.61. The van der Waals surface area contributed by atoms with Gasteiger partial charge in [-0.05, 0) is 10.8 Å². The van der Waals surface area contributed by atoms with Crippen molar-refractivity contribution in [2.75, 3.05) is 0 Å². The first-order chi connectivity index (χ1) is 24.2. The number of imidazole rings is 1. The molecule has 2 heterocycles. The van der Waals surface area contributed by atoms with E-state index in [9.17, 15) is 0 Å². The second-order valence-corrected chi connectivity index (χ2v) is 18.9. The number of fused-ring (bicyclic) bond motifs is 11. The fourth-order valence-corrected chi connectivity index (χ4v) is 12.6. The molecular formula is C45H29N2PSe. The van der Waals surface area contributed by atoms with E-state index in [1.165, 1.54) is 59.4 Å². The summed E-state index contributed by atoms with van der Waals surface area (Å²) in [6.07, 6.45) is 0. The van der Waals surface area contributed by atoms with Gasteiger partial charge in [0.15, 0.2) is 0 Å². The van der Waals surface area contributed by atoms with Crippen molar-refractivity contribution in [3.8, 4) is 11.1 Å². The summed E-state index contributed by atoms with van der Waals surface area (Å²) < 4.78 is 2.40. The van der Waals surface area contributed by atoms with Gasteiger partial charge in [0, 0.05) is 0 Å². The van der Waals surface area contributed by atoms with Crippen LogP contribution in [0.4, 0.5) is 0 Å². The Kier molecular flexibility index (Phi) is 6.51. The Labute approximate surface area is 291 Å². The van der Waals surface area contributed by atoms with Gasteiger partial charge in [-0.2, -0.15) is 0 Å². The maximum atomic E-state index is 5.30. The summed E-state index contributed by atoms with van der Waals surface area (Å²) in [4.78, 5) is 5.30. The standard InChI is InChI=1S/C45H29N2PSe/c49-48(34-12-3-1-4-13-34,35-14-5-2-6-15-35)36-23-26-42-44(29-36)47-43-28-32(22-25-40(43)39-17-9-10-18-41(39)45(47)46-42)31-21-24-38-33(27-31)20-19-30-11-7-8-16-37(30)38/h1-29H. The molecule has 8 aromatic carbocycles. The number of hydrogen-bond acceptors (Lipinski definition) is 1. The maximum absolute atomic E-state index is 5.30. The van der Waals surface area contributed by atoms with Crippen molar-refractivity contribution in [2.45, 2.75) is 0 Å². The number of rotatable bonds is 4. The predicted molar refractivity (Wildman–Crippen MR) is 213 cm³/mol. The molecule has 4 heteroatoms. The first-order valence-electron chi connectivity index (χ1n) is 16.6. The quantitative estimate of drug-likeness (QED) is 0.101. The van der Waals surface area contributed by atoms with Gasteiger partial charge in [0.1, 0.15) is 0 Å². The van der Waals surface area contributed by atoms with Crippen molar-refractivity contribution in [3.63, 3.8) is 0 Å². The SMILES string of the molecule is [Se]=P(c1ccccc1)(c1ccccc1)c1ccc2nc3c4ccccc4c4ccc(-c5ccc6c(ccc7ccccc76)c5)cc4n3c2c1. The minimum absolute atomic E-state index is 0.987. The van der Waals surface area contributed by atoms with Gasteiger partial charge in [-0.25, -0.2) is 0 Å². The fourth-order valence-electron chi connectivity index (χ4n) is 7.64. The van der Waals surface area contributed by atoms with Gasteiger partial charge in [-0.1, -0.05) is 30.3 Å². The molecular weight excluding hydrogens is 678 g/mol. The molecule has 2 aromatic heterocycles. The molecule has 10 rings (SSSR count). The normalized spacial score (nSPS) is 12.2. The second kappa shape index (κ2) is 11.1. The molecule has 0 spiro atoms. The van der Waals surface area contributed by atoms with Crippen LogP contribution in [0.25, 0.3) is 71.0 Å².